The van der Waals surface area contributed by atoms with E-state index in [4.69, 9.17) is 11.6 Å². The summed E-state index contributed by atoms with van der Waals surface area (Å²) >= 11 is 7.70. The third kappa shape index (κ3) is 5.22. The molecule has 14 heteroatoms. The lowest BCUT2D eigenvalue weighted by atomic mass is 9.95. The molecule has 0 unspecified atom stereocenters. The van der Waals surface area contributed by atoms with Crippen molar-refractivity contribution in [2.75, 3.05) is 37.6 Å². The molecule has 2 atom stereocenters. The number of rotatable bonds is 7. The number of nitrogens with one attached hydrogen (secondary N) is 1. The smallest absolute Gasteiger partial charge is 0.335 e. The van der Waals surface area contributed by atoms with E-state index in [9.17, 15) is 29.0 Å². The number of amidine groups is 1. The summed E-state index contributed by atoms with van der Waals surface area (Å²) in [4.78, 5) is 51.7. The molecule has 2 fully saturated rings. The van der Waals surface area contributed by atoms with Crippen LogP contribution in [0.4, 0.5) is 14.9 Å². The Morgan fingerprint density at radius 1 is 1.12 bits per heavy atom. The minimum atomic E-state index is -1.19. The maximum Gasteiger partial charge on any atom is 0.335 e. The third-order valence-corrected chi connectivity index (χ3v) is 8.58. The number of piperazine rings is 1. The topological polar surface area (TPSA) is 139 Å². The number of hydrogen-bond donors (Lipinski definition) is 3. The Hall–Kier alpha value is -4.33. The number of fused-ring (bicyclic) bond motifs is 1. The van der Waals surface area contributed by atoms with Gasteiger partial charge in [0.2, 0.25) is 0 Å². The Bertz CT molecular complexity index is 1650. The summed E-state index contributed by atoms with van der Waals surface area (Å²) < 4.78 is 13.8. The number of carbonyl (C=O) groups excluding carboxylic acids is 1. The van der Waals surface area contributed by atoms with E-state index in [1.807, 2.05) is 0 Å². The van der Waals surface area contributed by atoms with Crippen molar-refractivity contribution in [3.8, 4) is 0 Å². The zero-order chi connectivity index (χ0) is 29.5. The van der Waals surface area contributed by atoms with Crippen LogP contribution in [0.3, 0.4) is 0 Å². The summed E-state index contributed by atoms with van der Waals surface area (Å²) in [6, 6.07) is 8.66. The minimum absolute atomic E-state index is 0.0131. The number of halogens is 2. The molecule has 3 aliphatic heterocycles. The number of thiazole rings is 1. The second-order valence-corrected chi connectivity index (χ2v) is 11.3. The summed E-state index contributed by atoms with van der Waals surface area (Å²) in [5, 5.41) is 25.3. The Morgan fingerprint density at radius 3 is 2.67 bits per heavy atom. The second kappa shape index (κ2) is 11.2. The summed E-state index contributed by atoms with van der Waals surface area (Å²) in [6.07, 6.45) is 1.62. The lowest BCUT2D eigenvalue weighted by molar-refractivity contribution is -0.133. The number of amides is 2. The molecular formula is C28H24ClFN6O5S. The number of aromatic carboxylic acids is 1. The molecule has 1 aromatic heterocycles. The van der Waals surface area contributed by atoms with Crippen molar-refractivity contribution in [1.29, 1.82) is 0 Å². The molecule has 0 radical (unpaired) electrons. The highest BCUT2D eigenvalue weighted by Crippen LogP contribution is 2.37. The number of aliphatic carboxylic acids is 1. The molecule has 3 N–H and O–H groups in total. The molecule has 2 saturated heterocycles. The number of aliphatic imine (C=N–C) groups is 1. The van der Waals surface area contributed by atoms with Crippen molar-refractivity contribution < 1.29 is 29.0 Å². The molecule has 4 heterocycles. The number of aromatic nitrogens is 1. The van der Waals surface area contributed by atoms with E-state index in [1.54, 1.807) is 33.5 Å². The van der Waals surface area contributed by atoms with Crippen LogP contribution in [0.15, 0.2) is 70.3 Å². The molecule has 216 valence electrons. The molecule has 2 aromatic carbocycles. The standard InChI is InChI=1S/C28H24ClFN6O5S/c29-20-11-16(30)4-5-19(20)23-22(27(39)40)21(32-24(33-23)25-31-6-9-42-25)14-34-7-8-35-18(12-34)13-36(28(35)41)17-3-1-2-15(10-17)26(37)38/h1-6,9-11,18,23H,7-8,12-14H2,(H,32,33)(H,37,38)(H,39,40)/t18-,23-/m0/s1. The van der Waals surface area contributed by atoms with E-state index in [0.29, 0.717) is 54.0 Å². The maximum atomic E-state index is 13.8. The molecule has 3 aliphatic rings. The lowest BCUT2D eigenvalue weighted by Crippen LogP contribution is -2.53. The molecule has 6 rings (SSSR count). The van der Waals surface area contributed by atoms with Gasteiger partial charge in [-0.3, -0.25) is 14.8 Å². The van der Waals surface area contributed by atoms with Crippen LogP contribution >= 0.6 is 22.9 Å². The van der Waals surface area contributed by atoms with Crippen LogP contribution in [0.25, 0.3) is 0 Å². The zero-order valence-corrected chi connectivity index (χ0v) is 23.5. The van der Waals surface area contributed by atoms with Crippen molar-refractivity contribution in [3.63, 3.8) is 0 Å². The largest absolute Gasteiger partial charge is 0.478 e. The fourth-order valence-electron chi connectivity index (χ4n) is 5.53. The van der Waals surface area contributed by atoms with Gasteiger partial charge in [0.25, 0.3) is 0 Å². The molecule has 11 nitrogen and oxygen atoms in total. The van der Waals surface area contributed by atoms with Crippen molar-refractivity contribution >= 4 is 52.4 Å². The average molecular weight is 611 g/mol. The minimum Gasteiger partial charge on any atom is -0.478 e. The van der Waals surface area contributed by atoms with E-state index in [0.717, 1.165) is 6.07 Å². The number of urea groups is 1. The van der Waals surface area contributed by atoms with Crippen LogP contribution in [0, 0.1) is 5.82 Å². The zero-order valence-electron chi connectivity index (χ0n) is 21.9. The van der Waals surface area contributed by atoms with E-state index >= 15 is 0 Å². The first-order chi connectivity index (χ1) is 20.2. The van der Waals surface area contributed by atoms with Crippen LogP contribution in [-0.2, 0) is 4.79 Å². The first-order valence-corrected chi connectivity index (χ1v) is 14.2. The fourth-order valence-corrected chi connectivity index (χ4v) is 6.39. The number of hydrogen-bond acceptors (Lipinski definition) is 8. The Labute approximate surface area is 248 Å². The van der Waals surface area contributed by atoms with Gasteiger partial charge in [-0.15, -0.1) is 11.3 Å². The van der Waals surface area contributed by atoms with E-state index in [1.165, 1.54) is 35.6 Å². The highest BCUT2D eigenvalue weighted by Gasteiger charge is 2.42. The van der Waals surface area contributed by atoms with Crippen molar-refractivity contribution in [2.45, 2.75) is 12.1 Å². The Kier molecular flexibility index (Phi) is 7.39. The first kappa shape index (κ1) is 27.8. The Morgan fingerprint density at radius 2 is 1.95 bits per heavy atom. The molecule has 0 spiro atoms. The van der Waals surface area contributed by atoms with Gasteiger partial charge in [0, 0.05) is 66.3 Å². The summed E-state index contributed by atoms with van der Waals surface area (Å²) in [7, 11) is 0. The van der Waals surface area contributed by atoms with Gasteiger partial charge in [-0.05, 0) is 30.3 Å². The number of carboxylic acid groups (broad SMARTS) is 2. The highest BCUT2D eigenvalue weighted by atomic mass is 35.5. The van der Waals surface area contributed by atoms with Crippen LogP contribution in [0.1, 0.15) is 27.0 Å². The van der Waals surface area contributed by atoms with Crippen LogP contribution in [0.2, 0.25) is 5.02 Å². The summed E-state index contributed by atoms with van der Waals surface area (Å²) in [6.45, 7) is 1.93. The number of carboxylic acids is 2. The highest BCUT2D eigenvalue weighted by molar-refractivity contribution is 7.11. The van der Waals surface area contributed by atoms with Crippen molar-refractivity contribution in [1.82, 2.24) is 20.1 Å². The number of anilines is 1. The maximum absolute atomic E-state index is 13.8. The molecule has 3 aromatic rings. The third-order valence-electron chi connectivity index (χ3n) is 7.47. The van der Waals surface area contributed by atoms with Gasteiger partial charge < -0.3 is 20.4 Å². The van der Waals surface area contributed by atoms with Crippen LogP contribution in [-0.4, -0.2) is 87.6 Å². The summed E-state index contributed by atoms with van der Waals surface area (Å²) in [5.41, 5.74) is 1.34. The van der Waals surface area contributed by atoms with Gasteiger partial charge in [-0.1, -0.05) is 23.7 Å². The quantitative estimate of drug-likeness (QED) is 0.368. The van der Waals surface area contributed by atoms with E-state index in [2.05, 4.69) is 20.2 Å². The number of benzene rings is 2. The molecule has 42 heavy (non-hydrogen) atoms. The van der Waals surface area contributed by atoms with Gasteiger partial charge in [0.15, 0.2) is 10.8 Å². The van der Waals surface area contributed by atoms with Crippen LogP contribution < -0.4 is 10.2 Å². The Balaban J connectivity index is 1.28. The SMILES string of the molecule is O=C(O)C1=C(CN2CCN3C(=O)N(c4cccc(C(=O)O)c4)C[C@@H]3C2)NC(c2nccs2)=N[C@H]1c1ccc(F)cc1Cl. The number of carbonyl (C=O) groups is 3. The fraction of sp³-hybridized carbons (Fsp3) is 0.250. The van der Waals surface area contributed by atoms with Gasteiger partial charge in [-0.25, -0.2) is 23.8 Å². The predicted octanol–water partition coefficient (Wildman–Crippen LogP) is 3.69. The lowest BCUT2D eigenvalue weighted by Gasteiger charge is -2.37. The van der Waals surface area contributed by atoms with Gasteiger partial charge >= 0.3 is 18.0 Å². The van der Waals surface area contributed by atoms with E-state index < -0.39 is 23.8 Å². The summed E-state index contributed by atoms with van der Waals surface area (Å²) in [5.74, 6) is -2.43. The molecular weight excluding hydrogens is 587 g/mol. The number of nitrogens with zero attached hydrogens (tertiary/aromatic N) is 5. The van der Waals surface area contributed by atoms with Crippen molar-refractivity contribution in [2.24, 2.45) is 4.99 Å². The van der Waals surface area contributed by atoms with E-state index in [-0.39, 0.29) is 34.8 Å². The van der Waals surface area contributed by atoms with Crippen LogP contribution in [0.5, 0.6) is 0 Å². The average Bonchev–Trinajstić information content (AvgIpc) is 3.61. The predicted molar refractivity (Wildman–Crippen MR) is 154 cm³/mol. The van der Waals surface area contributed by atoms with Gasteiger partial charge in [0.1, 0.15) is 11.9 Å². The molecule has 2 amide bonds. The molecule has 0 saturated carbocycles. The molecule has 0 aliphatic carbocycles. The van der Waals surface area contributed by atoms with Crippen molar-refractivity contribution in [3.05, 3.63) is 92.3 Å². The monoisotopic (exact) mass is 610 g/mol. The second-order valence-electron chi connectivity index (χ2n) is 10.0. The normalized spacial score (nSPS) is 20.8. The first-order valence-electron chi connectivity index (χ1n) is 13.0. The van der Waals surface area contributed by atoms with Gasteiger partial charge in [0.05, 0.1) is 17.2 Å². The van der Waals surface area contributed by atoms with Gasteiger partial charge in [-0.2, -0.15) is 0 Å². The molecule has 0 bridgehead atoms.